The molecule has 0 saturated heterocycles. The van der Waals surface area contributed by atoms with Crippen LogP contribution in [0, 0.1) is 13.8 Å². The highest BCUT2D eigenvalue weighted by atomic mass is 16.5. The van der Waals surface area contributed by atoms with E-state index in [4.69, 9.17) is 4.74 Å². The monoisotopic (exact) mass is 471 g/mol. The van der Waals surface area contributed by atoms with Gasteiger partial charge in [0.1, 0.15) is 11.5 Å². The Morgan fingerprint density at radius 1 is 0.971 bits per heavy atom. The number of carbonyl (C=O) groups is 1. The van der Waals surface area contributed by atoms with Crippen molar-refractivity contribution < 1.29 is 14.6 Å². The number of nitrogens with zero attached hydrogens (tertiary/aromatic N) is 1. The normalized spacial score (nSPS) is 13.9. The molecule has 3 aromatic carbocycles. The molecule has 0 aromatic heterocycles. The molecule has 1 fully saturated rings. The number of rotatable bonds is 11. The van der Waals surface area contributed by atoms with Crippen molar-refractivity contribution in [3.05, 3.63) is 89.0 Å². The summed E-state index contributed by atoms with van der Waals surface area (Å²) in [6.45, 7) is 7.36. The lowest BCUT2D eigenvalue weighted by Crippen LogP contribution is -2.41. The van der Waals surface area contributed by atoms with Gasteiger partial charge in [-0.15, -0.1) is 0 Å². The lowest BCUT2D eigenvalue weighted by Gasteiger charge is -2.29. The van der Waals surface area contributed by atoms with Gasteiger partial charge in [-0.3, -0.25) is 4.79 Å². The standard InChI is InChI=1S/C31H37NO3/c1-4-5-6-9-20-35-29-11-8-7-10-27(29)22-32(31(34)18-19-31)30(33)26-16-14-25(15-17-26)28-21-23(2)12-13-24(28)3/h7-8,10-17,21,34H,4-6,9,18-20,22H2,1-3H3. The molecule has 1 aliphatic carbocycles. The lowest BCUT2D eigenvalue weighted by molar-refractivity contribution is -0.0150. The van der Waals surface area contributed by atoms with E-state index in [0.29, 0.717) is 31.6 Å². The third kappa shape index (κ3) is 6.12. The Hall–Kier alpha value is -3.11. The molecule has 3 aromatic rings. The predicted octanol–water partition coefficient (Wildman–Crippen LogP) is 7.05. The van der Waals surface area contributed by atoms with Crippen molar-refractivity contribution in [1.82, 2.24) is 4.90 Å². The largest absolute Gasteiger partial charge is 0.493 e. The van der Waals surface area contributed by atoms with Gasteiger partial charge < -0.3 is 14.7 Å². The minimum absolute atomic E-state index is 0.157. The lowest BCUT2D eigenvalue weighted by atomic mass is 9.97. The highest BCUT2D eigenvalue weighted by molar-refractivity contribution is 5.95. The summed E-state index contributed by atoms with van der Waals surface area (Å²) in [7, 11) is 0. The number of ether oxygens (including phenoxy) is 1. The Morgan fingerprint density at radius 2 is 1.71 bits per heavy atom. The maximum atomic E-state index is 13.6. The number of hydrogen-bond donors (Lipinski definition) is 1. The van der Waals surface area contributed by atoms with Crippen LogP contribution < -0.4 is 4.74 Å². The third-order valence-corrected chi connectivity index (χ3v) is 6.84. The second-order valence-corrected chi connectivity index (χ2v) is 9.79. The second kappa shape index (κ2) is 11.1. The van der Waals surface area contributed by atoms with Gasteiger partial charge in [-0.2, -0.15) is 0 Å². The van der Waals surface area contributed by atoms with Gasteiger partial charge in [-0.1, -0.05) is 80.3 Å². The summed E-state index contributed by atoms with van der Waals surface area (Å²) in [6.07, 6.45) is 5.77. The van der Waals surface area contributed by atoms with Crippen LogP contribution >= 0.6 is 0 Å². The summed E-state index contributed by atoms with van der Waals surface area (Å²) >= 11 is 0. The topological polar surface area (TPSA) is 49.8 Å². The number of carbonyl (C=O) groups excluding carboxylic acids is 1. The zero-order chi connectivity index (χ0) is 24.8. The Bertz CT molecular complexity index is 1150. The first kappa shape index (κ1) is 25.0. The van der Waals surface area contributed by atoms with Crippen molar-refractivity contribution in [3.8, 4) is 16.9 Å². The van der Waals surface area contributed by atoms with Crippen molar-refractivity contribution in [3.63, 3.8) is 0 Å². The Morgan fingerprint density at radius 3 is 2.43 bits per heavy atom. The van der Waals surface area contributed by atoms with E-state index in [-0.39, 0.29) is 5.91 Å². The number of benzene rings is 3. The number of para-hydroxylation sites is 1. The molecule has 1 saturated carbocycles. The molecule has 1 aliphatic rings. The predicted molar refractivity (Wildman–Crippen MR) is 141 cm³/mol. The fourth-order valence-corrected chi connectivity index (χ4v) is 4.44. The van der Waals surface area contributed by atoms with Crippen molar-refractivity contribution in [1.29, 1.82) is 0 Å². The van der Waals surface area contributed by atoms with Crippen LogP contribution in [-0.4, -0.2) is 28.2 Å². The summed E-state index contributed by atoms with van der Waals surface area (Å²) in [5, 5.41) is 11.0. The summed E-state index contributed by atoms with van der Waals surface area (Å²) < 4.78 is 6.07. The van der Waals surface area contributed by atoms with Crippen LogP contribution in [0.25, 0.3) is 11.1 Å². The Labute approximate surface area is 209 Å². The van der Waals surface area contributed by atoms with Crippen LogP contribution in [0.3, 0.4) is 0 Å². The number of hydrogen-bond acceptors (Lipinski definition) is 3. The molecule has 0 radical (unpaired) electrons. The number of amides is 1. The molecule has 0 bridgehead atoms. The second-order valence-electron chi connectivity index (χ2n) is 9.79. The summed E-state index contributed by atoms with van der Waals surface area (Å²) in [6, 6.07) is 22.0. The molecule has 4 nitrogen and oxygen atoms in total. The van der Waals surface area contributed by atoms with Crippen LogP contribution in [0.4, 0.5) is 0 Å². The zero-order valence-electron chi connectivity index (χ0n) is 21.2. The SMILES string of the molecule is CCCCCCOc1ccccc1CN(C(=O)c1ccc(-c2cc(C)ccc2C)cc1)C1(O)CC1. The van der Waals surface area contributed by atoms with E-state index < -0.39 is 5.72 Å². The third-order valence-electron chi connectivity index (χ3n) is 6.84. The van der Waals surface area contributed by atoms with Gasteiger partial charge in [0.25, 0.3) is 5.91 Å². The first-order valence-corrected chi connectivity index (χ1v) is 12.8. The van der Waals surface area contributed by atoms with Crippen LogP contribution in [-0.2, 0) is 6.54 Å². The average molecular weight is 472 g/mol. The molecule has 35 heavy (non-hydrogen) atoms. The van der Waals surface area contributed by atoms with E-state index >= 15 is 0 Å². The highest BCUT2D eigenvalue weighted by Crippen LogP contribution is 2.41. The van der Waals surface area contributed by atoms with E-state index in [0.717, 1.165) is 29.7 Å². The molecule has 1 amide bonds. The maximum Gasteiger partial charge on any atom is 0.256 e. The molecule has 0 atom stereocenters. The van der Waals surface area contributed by atoms with Crippen LogP contribution in [0.1, 0.15) is 72.5 Å². The van der Waals surface area contributed by atoms with Gasteiger partial charge in [-0.05, 0) is 68.0 Å². The molecule has 0 spiro atoms. The van der Waals surface area contributed by atoms with Crippen molar-refractivity contribution in [2.75, 3.05) is 6.61 Å². The molecule has 0 unspecified atom stereocenters. The van der Waals surface area contributed by atoms with Gasteiger partial charge in [0, 0.05) is 11.1 Å². The van der Waals surface area contributed by atoms with Crippen LogP contribution in [0.5, 0.6) is 5.75 Å². The maximum absolute atomic E-state index is 13.6. The minimum atomic E-state index is -1.09. The molecular weight excluding hydrogens is 434 g/mol. The zero-order valence-corrected chi connectivity index (χ0v) is 21.2. The quantitative estimate of drug-likeness (QED) is 0.241. The van der Waals surface area contributed by atoms with Crippen molar-refractivity contribution in [2.45, 2.75) is 71.6 Å². The van der Waals surface area contributed by atoms with Crippen LogP contribution in [0.2, 0.25) is 0 Å². The van der Waals surface area contributed by atoms with E-state index in [9.17, 15) is 9.90 Å². The summed E-state index contributed by atoms with van der Waals surface area (Å²) in [5.74, 6) is 0.631. The number of unbranched alkanes of at least 4 members (excludes halogenated alkanes) is 3. The van der Waals surface area contributed by atoms with Crippen molar-refractivity contribution in [2.24, 2.45) is 0 Å². The molecule has 4 rings (SSSR count). The molecule has 1 N–H and O–H groups in total. The molecule has 0 heterocycles. The van der Waals surface area contributed by atoms with Gasteiger partial charge in [0.2, 0.25) is 0 Å². The smallest absolute Gasteiger partial charge is 0.256 e. The van der Waals surface area contributed by atoms with Gasteiger partial charge in [0.05, 0.1) is 13.2 Å². The average Bonchev–Trinajstić information content (AvgIpc) is 3.62. The van der Waals surface area contributed by atoms with E-state index in [1.54, 1.807) is 4.90 Å². The van der Waals surface area contributed by atoms with Gasteiger partial charge in [-0.25, -0.2) is 0 Å². The number of aryl methyl sites for hydroxylation is 2. The fraction of sp³-hybridized carbons (Fsp3) is 0.387. The summed E-state index contributed by atoms with van der Waals surface area (Å²) in [4.78, 5) is 15.2. The summed E-state index contributed by atoms with van der Waals surface area (Å²) in [5.41, 5.74) is 5.08. The fourth-order valence-electron chi connectivity index (χ4n) is 4.44. The Kier molecular flexibility index (Phi) is 7.92. The first-order chi connectivity index (χ1) is 16.9. The van der Waals surface area contributed by atoms with Crippen molar-refractivity contribution >= 4 is 5.91 Å². The van der Waals surface area contributed by atoms with E-state index in [1.165, 1.54) is 29.5 Å². The van der Waals surface area contributed by atoms with Gasteiger partial charge >= 0.3 is 0 Å². The van der Waals surface area contributed by atoms with E-state index in [2.05, 4.69) is 39.0 Å². The molecule has 184 valence electrons. The Balaban J connectivity index is 1.51. The molecular formula is C31H37NO3. The first-order valence-electron chi connectivity index (χ1n) is 12.8. The van der Waals surface area contributed by atoms with Gasteiger partial charge in [0.15, 0.2) is 0 Å². The molecule has 0 aliphatic heterocycles. The van der Waals surface area contributed by atoms with Crippen LogP contribution in [0.15, 0.2) is 66.7 Å². The number of aliphatic hydroxyl groups is 1. The minimum Gasteiger partial charge on any atom is -0.493 e. The molecule has 4 heteroatoms. The van der Waals surface area contributed by atoms with E-state index in [1.807, 2.05) is 48.5 Å². The highest BCUT2D eigenvalue weighted by Gasteiger charge is 2.49.